The first-order valence-electron chi connectivity index (χ1n) is 18.3. The average Bonchev–Trinajstić information content (AvgIpc) is 3.89. The Balaban J connectivity index is 1.27. The third kappa shape index (κ3) is 4.33. The van der Waals surface area contributed by atoms with Gasteiger partial charge in [-0.05, 0) is 66.7 Å². The molecule has 0 aliphatic carbocycles. The van der Waals surface area contributed by atoms with E-state index in [1.807, 2.05) is 42.5 Å². The Morgan fingerprint density at radius 2 is 0.836 bits per heavy atom. The molecule has 0 atom stereocenters. The van der Waals surface area contributed by atoms with Crippen LogP contribution in [-0.2, 0) is 0 Å². The molecule has 5 heteroatoms. The molecule has 0 saturated heterocycles. The number of fused-ring (bicyclic) bond motifs is 9. The Bertz CT molecular complexity index is 3420. The van der Waals surface area contributed by atoms with Gasteiger partial charge in [0.25, 0.3) is 0 Å². The second-order valence-corrected chi connectivity index (χ2v) is 13.9. The molecule has 0 bridgehead atoms. The van der Waals surface area contributed by atoms with E-state index < -0.39 is 0 Å². The van der Waals surface area contributed by atoms with Crippen molar-refractivity contribution >= 4 is 65.4 Å². The van der Waals surface area contributed by atoms with Crippen molar-refractivity contribution in [2.24, 2.45) is 0 Å². The third-order valence-electron chi connectivity index (χ3n) is 11.1. The minimum absolute atomic E-state index is 0.570. The molecular formula is C50H29N5. The lowest BCUT2D eigenvalue weighted by Crippen LogP contribution is -2.04. The van der Waals surface area contributed by atoms with Crippen molar-refractivity contribution in [1.82, 2.24) is 13.7 Å². The van der Waals surface area contributed by atoms with Crippen LogP contribution in [0.3, 0.4) is 0 Å². The molecule has 0 aliphatic rings. The van der Waals surface area contributed by atoms with Gasteiger partial charge < -0.3 is 13.7 Å². The zero-order valence-electron chi connectivity index (χ0n) is 29.5. The highest BCUT2D eigenvalue weighted by molar-refractivity contribution is 6.16. The largest absolute Gasteiger partial charge is 0.309 e. The number of para-hydroxylation sites is 6. The zero-order valence-corrected chi connectivity index (χ0v) is 29.5. The van der Waals surface area contributed by atoms with E-state index in [4.69, 9.17) is 0 Å². The highest BCUT2D eigenvalue weighted by atomic mass is 15.1. The van der Waals surface area contributed by atoms with Crippen LogP contribution in [0.4, 0.5) is 0 Å². The molecule has 5 nitrogen and oxygen atoms in total. The fourth-order valence-electron chi connectivity index (χ4n) is 8.90. The van der Waals surface area contributed by atoms with E-state index in [1.165, 1.54) is 10.8 Å². The van der Waals surface area contributed by atoms with Gasteiger partial charge in [-0.1, -0.05) is 109 Å². The Kier molecular flexibility index (Phi) is 6.61. The number of nitriles is 2. The Morgan fingerprint density at radius 3 is 1.53 bits per heavy atom. The molecule has 55 heavy (non-hydrogen) atoms. The zero-order chi connectivity index (χ0) is 36.6. The van der Waals surface area contributed by atoms with E-state index >= 15 is 0 Å². The number of nitrogens with zero attached hydrogens (tertiary/aromatic N) is 5. The highest BCUT2D eigenvalue weighted by Crippen LogP contribution is 2.43. The normalized spacial score (nSPS) is 11.6. The standard InChI is InChI=1S/C50H29N5/c51-30-32-27-28-46(53-45-24-10-5-18-39(45)49-33(31-52)13-11-25-47(49)53)40(29-32)37-17-4-9-23-44(37)55-43-22-8-3-16-36(43)38-19-12-26-48(50(38)55)54-41-20-6-1-14-34(41)35-15-2-7-21-42(35)54/h1-29H. The molecule has 8 aromatic carbocycles. The van der Waals surface area contributed by atoms with E-state index in [-0.39, 0.29) is 0 Å². The summed E-state index contributed by atoms with van der Waals surface area (Å²) < 4.78 is 7.05. The van der Waals surface area contributed by atoms with Gasteiger partial charge in [-0.3, -0.25) is 0 Å². The predicted molar refractivity (Wildman–Crippen MR) is 224 cm³/mol. The second kappa shape index (κ2) is 11.8. The van der Waals surface area contributed by atoms with Crippen molar-refractivity contribution in [2.45, 2.75) is 0 Å². The summed E-state index contributed by atoms with van der Waals surface area (Å²) in [5.74, 6) is 0. The van der Waals surface area contributed by atoms with E-state index in [0.29, 0.717) is 11.1 Å². The first kappa shape index (κ1) is 30.7. The van der Waals surface area contributed by atoms with Gasteiger partial charge in [0, 0.05) is 43.4 Å². The maximum Gasteiger partial charge on any atom is 0.0998 e. The molecule has 0 fully saturated rings. The van der Waals surface area contributed by atoms with Crippen LogP contribution in [-0.4, -0.2) is 13.7 Å². The maximum atomic E-state index is 10.3. The summed E-state index contributed by atoms with van der Waals surface area (Å²) in [6, 6.07) is 65.9. The number of aromatic nitrogens is 3. The fraction of sp³-hybridized carbons (Fsp3) is 0. The van der Waals surface area contributed by atoms with E-state index in [0.717, 1.165) is 82.8 Å². The van der Waals surface area contributed by atoms with Crippen molar-refractivity contribution in [3.63, 3.8) is 0 Å². The van der Waals surface area contributed by atoms with Crippen molar-refractivity contribution < 1.29 is 0 Å². The highest BCUT2D eigenvalue weighted by Gasteiger charge is 2.23. The molecule has 0 N–H and O–H groups in total. The number of hydrogen-bond acceptors (Lipinski definition) is 2. The lowest BCUT2D eigenvalue weighted by molar-refractivity contribution is 1.13. The van der Waals surface area contributed by atoms with Crippen molar-refractivity contribution in [3.8, 4) is 40.3 Å². The number of rotatable bonds is 4. The first-order chi connectivity index (χ1) is 27.2. The lowest BCUT2D eigenvalue weighted by atomic mass is 9.98. The minimum Gasteiger partial charge on any atom is -0.309 e. The van der Waals surface area contributed by atoms with Gasteiger partial charge in [-0.2, -0.15) is 10.5 Å². The SMILES string of the molecule is N#Cc1ccc(-n2c3ccccc3c3c(C#N)cccc32)c(-c2ccccc2-n2c3ccccc3c3cccc(-n4c5ccccc5c5ccccc54)c32)c1. The molecule has 0 aliphatic heterocycles. The molecule has 0 radical (unpaired) electrons. The van der Waals surface area contributed by atoms with Crippen LogP contribution < -0.4 is 0 Å². The fourth-order valence-corrected chi connectivity index (χ4v) is 8.90. The molecule has 3 aromatic heterocycles. The van der Waals surface area contributed by atoms with Crippen LogP contribution in [0.2, 0.25) is 0 Å². The monoisotopic (exact) mass is 699 g/mol. The molecule has 0 unspecified atom stereocenters. The van der Waals surface area contributed by atoms with Crippen molar-refractivity contribution in [1.29, 1.82) is 10.5 Å². The van der Waals surface area contributed by atoms with Gasteiger partial charge in [0.1, 0.15) is 0 Å². The summed E-state index contributed by atoms with van der Waals surface area (Å²) >= 11 is 0. The number of hydrogen-bond donors (Lipinski definition) is 0. The molecule has 0 amide bonds. The second-order valence-electron chi connectivity index (χ2n) is 13.9. The van der Waals surface area contributed by atoms with Gasteiger partial charge in [-0.25, -0.2) is 0 Å². The quantitative estimate of drug-likeness (QED) is 0.184. The van der Waals surface area contributed by atoms with E-state index in [1.54, 1.807) is 0 Å². The predicted octanol–water partition coefficient (Wildman–Crippen LogP) is 12.4. The van der Waals surface area contributed by atoms with E-state index in [9.17, 15) is 10.5 Å². The molecule has 0 saturated carbocycles. The van der Waals surface area contributed by atoms with Gasteiger partial charge in [-0.15, -0.1) is 0 Å². The van der Waals surface area contributed by atoms with Crippen molar-refractivity contribution in [2.75, 3.05) is 0 Å². The summed E-state index contributed by atoms with van der Waals surface area (Å²) in [7, 11) is 0. The Labute approximate surface area is 316 Å². The van der Waals surface area contributed by atoms with E-state index in [2.05, 4.69) is 159 Å². The van der Waals surface area contributed by atoms with Gasteiger partial charge in [0.15, 0.2) is 0 Å². The van der Waals surface area contributed by atoms with Crippen LogP contribution in [0, 0.1) is 22.7 Å². The number of benzene rings is 8. The van der Waals surface area contributed by atoms with Crippen LogP contribution in [0.15, 0.2) is 176 Å². The molecule has 254 valence electrons. The smallest absolute Gasteiger partial charge is 0.0998 e. The third-order valence-corrected chi connectivity index (χ3v) is 11.1. The summed E-state index contributed by atoms with van der Waals surface area (Å²) in [5.41, 5.74) is 12.5. The molecule has 0 spiro atoms. The van der Waals surface area contributed by atoms with Crippen LogP contribution in [0.25, 0.3) is 93.6 Å². The Hall–Kier alpha value is -7.86. The van der Waals surface area contributed by atoms with Crippen LogP contribution in [0.5, 0.6) is 0 Å². The summed E-state index contributed by atoms with van der Waals surface area (Å²) in [6.45, 7) is 0. The van der Waals surface area contributed by atoms with Crippen LogP contribution in [0.1, 0.15) is 11.1 Å². The Morgan fingerprint density at radius 1 is 0.345 bits per heavy atom. The topological polar surface area (TPSA) is 62.4 Å². The first-order valence-corrected chi connectivity index (χ1v) is 18.3. The summed E-state index contributed by atoms with van der Waals surface area (Å²) in [4.78, 5) is 0. The van der Waals surface area contributed by atoms with Crippen LogP contribution >= 0.6 is 0 Å². The average molecular weight is 700 g/mol. The molecule has 11 rings (SSSR count). The molecular weight excluding hydrogens is 671 g/mol. The molecule has 11 aromatic rings. The van der Waals surface area contributed by atoms with Gasteiger partial charge in [0.05, 0.1) is 73.4 Å². The summed E-state index contributed by atoms with van der Waals surface area (Å²) in [6.07, 6.45) is 0. The van der Waals surface area contributed by atoms with Gasteiger partial charge >= 0.3 is 0 Å². The summed E-state index contributed by atoms with van der Waals surface area (Å²) in [5, 5.41) is 27.2. The lowest BCUT2D eigenvalue weighted by Gasteiger charge is -2.20. The maximum absolute atomic E-state index is 10.3. The van der Waals surface area contributed by atoms with Crippen molar-refractivity contribution in [3.05, 3.63) is 187 Å². The van der Waals surface area contributed by atoms with Gasteiger partial charge in [0.2, 0.25) is 0 Å². The minimum atomic E-state index is 0.570. The molecule has 3 heterocycles.